The van der Waals surface area contributed by atoms with E-state index in [0.717, 1.165) is 23.0 Å². The Labute approximate surface area is 128 Å². The molecule has 0 unspecified atom stereocenters. The van der Waals surface area contributed by atoms with Gasteiger partial charge in [-0.2, -0.15) is 0 Å². The van der Waals surface area contributed by atoms with Crippen molar-refractivity contribution < 1.29 is 9.47 Å². The Kier molecular flexibility index (Phi) is 6.15. The first-order valence-electron chi connectivity index (χ1n) is 6.37. The summed E-state index contributed by atoms with van der Waals surface area (Å²) in [4.78, 5) is 2.38. The lowest BCUT2D eigenvalue weighted by atomic mass is 10.3. The Balaban J connectivity index is 1.84. The smallest absolute Gasteiger partial charge is 0.132 e. The molecule has 0 N–H and O–H groups in total. The van der Waals surface area contributed by atoms with Gasteiger partial charge in [0.25, 0.3) is 0 Å². The van der Waals surface area contributed by atoms with E-state index in [4.69, 9.17) is 9.47 Å². The maximum Gasteiger partial charge on any atom is 0.132 e. The Hall–Kier alpha value is -1.26. The van der Waals surface area contributed by atoms with Crippen molar-refractivity contribution >= 4 is 23.5 Å². The van der Waals surface area contributed by atoms with Gasteiger partial charge in [0.2, 0.25) is 0 Å². The van der Waals surface area contributed by atoms with E-state index in [2.05, 4.69) is 12.1 Å². The SMILES string of the molecule is COc1ccccc1SCCSc1ccccc1OC. The minimum atomic E-state index is 0.944. The molecule has 2 nitrogen and oxygen atoms in total. The van der Waals surface area contributed by atoms with Gasteiger partial charge >= 0.3 is 0 Å². The summed E-state index contributed by atoms with van der Waals surface area (Å²) in [6.45, 7) is 0. The molecule has 0 atom stereocenters. The van der Waals surface area contributed by atoms with Crippen LogP contribution in [0.2, 0.25) is 0 Å². The van der Waals surface area contributed by atoms with Gasteiger partial charge < -0.3 is 9.47 Å². The maximum absolute atomic E-state index is 5.35. The average molecular weight is 306 g/mol. The van der Waals surface area contributed by atoms with Gasteiger partial charge in [0, 0.05) is 21.3 Å². The lowest BCUT2D eigenvalue weighted by Gasteiger charge is -2.09. The molecule has 2 rings (SSSR count). The minimum Gasteiger partial charge on any atom is -0.496 e. The molecule has 0 radical (unpaired) electrons. The Bertz CT molecular complexity index is 494. The molecule has 0 aliphatic heterocycles. The molecular weight excluding hydrogens is 288 g/mol. The van der Waals surface area contributed by atoms with Crippen LogP contribution in [0.15, 0.2) is 58.3 Å². The van der Waals surface area contributed by atoms with E-state index in [1.165, 1.54) is 9.79 Å². The third kappa shape index (κ3) is 4.12. The highest BCUT2D eigenvalue weighted by Gasteiger charge is 2.04. The summed E-state index contributed by atoms with van der Waals surface area (Å²) in [7, 11) is 3.42. The van der Waals surface area contributed by atoms with Gasteiger partial charge in [-0.15, -0.1) is 23.5 Å². The van der Waals surface area contributed by atoms with Crippen molar-refractivity contribution in [3.63, 3.8) is 0 Å². The summed E-state index contributed by atoms with van der Waals surface area (Å²) < 4.78 is 10.7. The van der Waals surface area contributed by atoms with E-state index in [9.17, 15) is 0 Å². The summed E-state index contributed by atoms with van der Waals surface area (Å²) in [5, 5.41) is 0. The standard InChI is InChI=1S/C16H18O2S2/c1-17-13-7-3-5-9-15(13)19-11-12-20-16-10-6-4-8-14(16)18-2/h3-10H,11-12H2,1-2H3. The summed E-state index contributed by atoms with van der Waals surface area (Å²) in [5.41, 5.74) is 0. The monoisotopic (exact) mass is 306 g/mol. The number of ether oxygens (including phenoxy) is 2. The summed E-state index contributed by atoms with van der Waals surface area (Å²) in [6.07, 6.45) is 0. The zero-order valence-electron chi connectivity index (χ0n) is 11.7. The van der Waals surface area contributed by atoms with Gasteiger partial charge in [-0.3, -0.25) is 0 Å². The second-order valence-electron chi connectivity index (χ2n) is 4.00. The van der Waals surface area contributed by atoms with Gasteiger partial charge in [-0.25, -0.2) is 0 Å². The summed E-state index contributed by atoms with van der Waals surface area (Å²) in [5.74, 6) is 3.95. The number of para-hydroxylation sites is 2. The van der Waals surface area contributed by atoms with E-state index in [1.54, 1.807) is 14.2 Å². The zero-order chi connectivity index (χ0) is 14.2. The number of benzene rings is 2. The predicted octanol–water partition coefficient (Wildman–Crippen LogP) is 4.59. The van der Waals surface area contributed by atoms with E-state index in [1.807, 2.05) is 59.9 Å². The van der Waals surface area contributed by atoms with Gasteiger partial charge in [0.05, 0.1) is 14.2 Å². The van der Waals surface area contributed by atoms with Gasteiger partial charge in [0.15, 0.2) is 0 Å². The van der Waals surface area contributed by atoms with Crippen LogP contribution < -0.4 is 9.47 Å². The Morgan fingerprint density at radius 1 is 0.700 bits per heavy atom. The summed E-state index contributed by atoms with van der Waals surface area (Å²) >= 11 is 3.64. The molecule has 0 fully saturated rings. The second kappa shape index (κ2) is 8.12. The molecule has 20 heavy (non-hydrogen) atoms. The highest BCUT2D eigenvalue weighted by molar-refractivity contribution is 8.03. The van der Waals surface area contributed by atoms with Crippen LogP contribution in [0.5, 0.6) is 11.5 Å². The van der Waals surface area contributed by atoms with Crippen LogP contribution in [0.3, 0.4) is 0 Å². The lowest BCUT2D eigenvalue weighted by molar-refractivity contribution is 0.404. The van der Waals surface area contributed by atoms with Crippen LogP contribution >= 0.6 is 23.5 Å². The highest BCUT2D eigenvalue weighted by atomic mass is 32.2. The van der Waals surface area contributed by atoms with Crippen LogP contribution in [0.4, 0.5) is 0 Å². The number of rotatable bonds is 7. The molecule has 0 saturated carbocycles. The van der Waals surface area contributed by atoms with Crippen LogP contribution in [0, 0.1) is 0 Å². The fourth-order valence-electron chi connectivity index (χ4n) is 1.78. The van der Waals surface area contributed by atoms with Crippen molar-refractivity contribution in [2.75, 3.05) is 25.7 Å². The van der Waals surface area contributed by atoms with Crippen LogP contribution in [0.1, 0.15) is 0 Å². The molecule has 0 bridgehead atoms. The van der Waals surface area contributed by atoms with Crippen LogP contribution in [-0.2, 0) is 0 Å². The quantitative estimate of drug-likeness (QED) is 0.550. The molecule has 0 heterocycles. The number of methoxy groups -OCH3 is 2. The fourth-order valence-corrected chi connectivity index (χ4v) is 3.82. The van der Waals surface area contributed by atoms with E-state index in [0.29, 0.717) is 0 Å². The van der Waals surface area contributed by atoms with E-state index in [-0.39, 0.29) is 0 Å². The Morgan fingerprint density at radius 2 is 1.10 bits per heavy atom. The van der Waals surface area contributed by atoms with Gasteiger partial charge in [0.1, 0.15) is 11.5 Å². The van der Waals surface area contributed by atoms with Crippen LogP contribution in [0.25, 0.3) is 0 Å². The normalized spacial score (nSPS) is 10.3. The highest BCUT2D eigenvalue weighted by Crippen LogP contribution is 2.32. The van der Waals surface area contributed by atoms with Gasteiger partial charge in [-0.05, 0) is 24.3 Å². The van der Waals surface area contributed by atoms with Crippen LogP contribution in [-0.4, -0.2) is 25.7 Å². The molecule has 106 valence electrons. The molecule has 4 heteroatoms. The zero-order valence-corrected chi connectivity index (χ0v) is 13.3. The molecule has 2 aromatic carbocycles. The number of thioether (sulfide) groups is 2. The molecule has 0 aliphatic rings. The molecule has 0 aromatic heterocycles. The molecule has 0 aliphatic carbocycles. The average Bonchev–Trinajstić information content (AvgIpc) is 2.52. The first kappa shape index (κ1) is 15.1. The minimum absolute atomic E-state index is 0.944. The second-order valence-corrected chi connectivity index (χ2v) is 6.27. The first-order chi connectivity index (χ1) is 9.85. The van der Waals surface area contributed by atoms with Crippen molar-refractivity contribution in [1.29, 1.82) is 0 Å². The third-order valence-corrected chi connectivity index (χ3v) is 5.11. The Morgan fingerprint density at radius 3 is 1.50 bits per heavy atom. The largest absolute Gasteiger partial charge is 0.496 e. The fraction of sp³-hybridized carbons (Fsp3) is 0.250. The molecule has 0 amide bonds. The summed E-state index contributed by atoms with van der Waals surface area (Å²) in [6, 6.07) is 16.2. The number of hydrogen-bond acceptors (Lipinski definition) is 4. The molecular formula is C16H18O2S2. The molecule has 2 aromatic rings. The van der Waals surface area contributed by atoms with Crippen molar-refractivity contribution in [2.24, 2.45) is 0 Å². The number of hydrogen-bond donors (Lipinski definition) is 0. The molecule has 0 spiro atoms. The molecule has 0 saturated heterocycles. The van der Waals surface area contributed by atoms with E-state index < -0.39 is 0 Å². The van der Waals surface area contributed by atoms with E-state index >= 15 is 0 Å². The van der Waals surface area contributed by atoms with Crippen molar-refractivity contribution in [3.05, 3.63) is 48.5 Å². The lowest BCUT2D eigenvalue weighted by Crippen LogP contribution is -1.90. The first-order valence-corrected chi connectivity index (χ1v) is 8.34. The predicted molar refractivity (Wildman–Crippen MR) is 87.4 cm³/mol. The van der Waals surface area contributed by atoms with Crippen molar-refractivity contribution in [2.45, 2.75) is 9.79 Å². The van der Waals surface area contributed by atoms with Gasteiger partial charge in [-0.1, -0.05) is 24.3 Å². The van der Waals surface area contributed by atoms with Crippen molar-refractivity contribution in [3.8, 4) is 11.5 Å². The van der Waals surface area contributed by atoms with Crippen molar-refractivity contribution in [1.82, 2.24) is 0 Å². The maximum atomic E-state index is 5.35. The third-order valence-electron chi connectivity index (χ3n) is 2.74. The topological polar surface area (TPSA) is 18.5 Å².